The second-order valence-electron chi connectivity index (χ2n) is 5.86. The molecule has 1 aromatic carbocycles. The van der Waals surface area contributed by atoms with Crippen molar-refractivity contribution in [2.24, 2.45) is 11.7 Å². The van der Waals surface area contributed by atoms with E-state index in [0.29, 0.717) is 5.92 Å². The molecule has 1 heterocycles. The Labute approximate surface area is 136 Å². The van der Waals surface area contributed by atoms with Crippen molar-refractivity contribution < 1.29 is 18.0 Å². The van der Waals surface area contributed by atoms with Crippen LogP contribution in [0.2, 0.25) is 0 Å². The smallest absolute Gasteiger partial charge is 0.350 e. The van der Waals surface area contributed by atoms with Crippen LogP contribution in [0.25, 0.3) is 5.69 Å². The lowest BCUT2D eigenvalue weighted by molar-refractivity contribution is -0.143. The first-order valence-electron chi connectivity index (χ1n) is 7.62. The molecule has 24 heavy (non-hydrogen) atoms. The third-order valence-corrected chi connectivity index (χ3v) is 4.01. The number of benzene rings is 1. The summed E-state index contributed by atoms with van der Waals surface area (Å²) in [5.41, 5.74) is 4.51. The highest BCUT2D eigenvalue weighted by Crippen LogP contribution is 2.34. The van der Waals surface area contributed by atoms with Gasteiger partial charge in [-0.3, -0.25) is 4.79 Å². The molecule has 0 spiro atoms. The summed E-state index contributed by atoms with van der Waals surface area (Å²) < 4.78 is 41.1. The van der Waals surface area contributed by atoms with Crippen LogP contribution < -0.4 is 11.1 Å². The summed E-state index contributed by atoms with van der Waals surface area (Å²) in [5, 5.41) is 6.23. The lowest BCUT2D eigenvalue weighted by atomic mass is 10.2. The van der Waals surface area contributed by atoms with Crippen molar-refractivity contribution >= 4 is 5.91 Å². The Morgan fingerprint density at radius 2 is 2.00 bits per heavy atom. The quantitative estimate of drug-likeness (QED) is 0.879. The van der Waals surface area contributed by atoms with Gasteiger partial charge in [-0.25, -0.2) is 4.68 Å². The first-order chi connectivity index (χ1) is 11.4. The second kappa shape index (κ2) is 6.27. The number of halogens is 3. The van der Waals surface area contributed by atoms with Crippen molar-refractivity contribution in [3.63, 3.8) is 0 Å². The molecule has 1 fully saturated rings. The van der Waals surface area contributed by atoms with Crippen LogP contribution in [-0.4, -0.2) is 28.3 Å². The standard InChI is InChI=1S/C16H17F3N4O/c17-16(18,19)14-12(15(24)21-9-13(20)10-6-7-10)8-22-23(14)11-4-2-1-3-5-11/h1-5,8,10,13H,6-7,9,20H2,(H,21,24). The van der Waals surface area contributed by atoms with Gasteiger partial charge in [0.05, 0.1) is 17.4 Å². The van der Waals surface area contributed by atoms with Gasteiger partial charge in [-0.15, -0.1) is 0 Å². The number of hydrogen-bond acceptors (Lipinski definition) is 3. The van der Waals surface area contributed by atoms with Crippen LogP contribution in [0.1, 0.15) is 28.9 Å². The number of alkyl halides is 3. The summed E-state index contributed by atoms with van der Waals surface area (Å²) in [6.45, 7) is 0.150. The summed E-state index contributed by atoms with van der Waals surface area (Å²) in [5.74, 6) is -0.472. The average Bonchev–Trinajstić information content (AvgIpc) is 3.29. The van der Waals surface area contributed by atoms with Crippen LogP contribution in [0.15, 0.2) is 36.5 Å². The van der Waals surface area contributed by atoms with Gasteiger partial charge < -0.3 is 11.1 Å². The van der Waals surface area contributed by atoms with Crippen molar-refractivity contribution in [1.29, 1.82) is 0 Å². The van der Waals surface area contributed by atoms with Gasteiger partial charge in [-0.2, -0.15) is 18.3 Å². The van der Waals surface area contributed by atoms with Gasteiger partial charge in [0.25, 0.3) is 5.91 Å². The van der Waals surface area contributed by atoms with Crippen molar-refractivity contribution in [2.45, 2.75) is 25.1 Å². The molecule has 1 unspecified atom stereocenters. The summed E-state index contributed by atoms with van der Waals surface area (Å²) in [4.78, 5) is 12.2. The first-order valence-corrected chi connectivity index (χ1v) is 7.62. The number of para-hydroxylation sites is 1. The van der Waals surface area contributed by atoms with Crippen molar-refractivity contribution in [2.75, 3.05) is 6.54 Å². The number of nitrogens with one attached hydrogen (secondary N) is 1. The fourth-order valence-electron chi connectivity index (χ4n) is 2.55. The summed E-state index contributed by atoms with van der Waals surface area (Å²) in [6, 6.07) is 7.65. The van der Waals surface area contributed by atoms with E-state index in [2.05, 4.69) is 10.4 Å². The van der Waals surface area contributed by atoms with Gasteiger partial charge in [-0.1, -0.05) is 18.2 Å². The highest BCUT2D eigenvalue weighted by atomic mass is 19.4. The fraction of sp³-hybridized carbons (Fsp3) is 0.375. The van der Waals surface area contributed by atoms with E-state index in [1.165, 1.54) is 12.1 Å². The van der Waals surface area contributed by atoms with Gasteiger partial charge in [0.2, 0.25) is 0 Å². The van der Waals surface area contributed by atoms with Gasteiger partial charge in [-0.05, 0) is 30.9 Å². The van der Waals surface area contributed by atoms with E-state index < -0.39 is 23.3 Å². The number of carbonyl (C=O) groups excluding carboxylic acids is 1. The van der Waals surface area contributed by atoms with Crippen LogP contribution >= 0.6 is 0 Å². The molecular formula is C16H17F3N4O. The maximum absolute atomic E-state index is 13.5. The summed E-state index contributed by atoms with van der Waals surface area (Å²) >= 11 is 0. The Kier molecular flexibility index (Phi) is 4.31. The zero-order valence-corrected chi connectivity index (χ0v) is 12.8. The molecule has 1 aliphatic rings. The lowest BCUT2D eigenvalue weighted by Crippen LogP contribution is -2.39. The highest BCUT2D eigenvalue weighted by Gasteiger charge is 2.40. The number of hydrogen-bond donors (Lipinski definition) is 2. The number of carbonyl (C=O) groups is 1. The molecule has 1 amide bonds. The lowest BCUT2D eigenvalue weighted by Gasteiger charge is -2.14. The Morgan fingerprint density at radius 1 is 1.33 bits per heavy atom. The first kappa shape index (κ1) is 16.5. The fourth-order valence-corrected chi connectivity index (χ4v) is 2.55. The van der Waals surface area contributed by atoms with Crippen molar-refractivity contribution in [1.82, 2.24) is 15.1 Å². The molecule has 1 saturated carbocycles. The molecule has 128 valence electrons. The minimum Gasteiger partial charge on any atom is -0.350 e. The maximum Gasteiger partial charge on any atom is 0.434 e. The van der Waals surface area contributed by atoms with E-state index in [4.69, 9.17) is 5.73 Å². The molecule has 0 radical (unpaired) electrons. The molecule has 0 bridgehead atoms. The predicted molar refractivity (Wildman–Crippen MR) is 81.6 cm³/mol. The van der Waals surface area contributed by atoms with Crippen LogP contribution in [0.4, 0.5) is 13.2 Å². The van der Waals surface area contributed by atoms with Crippen LogP contribution in [0.5, 0.6) is 0 Å². The van der Waals surface area contributed by atoms with Gasteiger partial charge in [0.1, 0.15) is 0 Å². The molecule has 1 aromatic heterocycles. The summed E-state index contributed by atoms with van der Waals surface area (Å²) in [7, 11) is 0. The third-order valence-electron chi connectivity index (χ3n) is 4.01. The largest absolute Gasteiger partial charge is 0.434 e. The summed E-state index contributed by atoms with van der Waals surface area (Å²) in [6.07, 6.45) is -1.78. The van der Waals surface area contributed by atoms with Gasteiger partial charge in [0, 0.05) is 12.6 Å². The predicted octanol–water partition coefficient (Wildman–Crippen LogP) is 2.36. The number of aromatic nitrogens is 2. The molecule has 3 rings (SSSR count). The topological polar surface area (TPSA) is 72.9 Å². The third kappa shape index (κ3) is 3.43. The minimum absolute atomic E-state index is 0.150. The zero-order chi connectivity index (χ0) is 17.3. The Balaban J connectivity index is 1.87. The number of amides is 1. The van der Waals surface area contributed by atoms with Crippen molar-refractivity contribution in [3.8, 4) is 5.69 Å². The molecule has 1 aliphatic carbocycles. The van der Waals surface area contributed by atoms with E-state index in [0.717, 1.165) is 23.7 Å². The molecule has 5 nitrogen and oxygen atoms in total. The Hall–Kier alpha value is -2.35. The highest BCUT2D eigenvalue weighted by molar-refractivity contribution is 5.95. The van der Waals surface area contributed by atoms with E-state index >= 15 is 0 Å². The molecule has 1 atom stereocenters. The zero-order valence-electron chi connectivity index (χ0n) is 12.8. The minimum atomic E-state index is -4.71. The van der Waals surface area contributed by atoms with E-state index in [1.807, 2.05) is 0 Å². The van der Waals surface area contributed by atoms with Crippen molar-refractivity contribution in [3.05, 3.63) is 47.8 Å². The van der Waals surface area contributed by atoms with Gasteiger partial charge in [0.15, 0.2) is 5.69 Å². The molecular weight excluding hydrogens is 321 g/mol. The molecule has 2 aromatic rings. The Bertz CT molecular complexity index is 723. The molecule has 3 N–H and O–H groups in total. The second-order valence-corrected chi connectivity index (χ2v) is 5.86. The number of nitrogens with two attached hydrogens (primary N) is 1. The Morgan fingerprint density at radius 3 is 2.58 bits per heavy atom. The maximum atomic E-state index is 13.5. The van der Waals surface area contributed by atoms with E-state index in [1.54, 1.807) is 18.2 Å². The van der Waals surface area contributed by atoms with Crippen LogP contribution in [-0.2, 0) is 6.18 Å². The normalized spacial score (nSPS) is 16.0. The van der Waals surface area contributed by atoms with Crippen LogP contribution in [0.3, 0.4) is 0 Å². The average molecular weight is 338 g/mol. The van der Waals surface area contributed by atoms with E-state index in [9.17, 15) is 18.0 Å². The van der Waals surface area contributed by atoms with Crippen LogP contribution in [0, 0.1) is 5.92 Å². The SMILES string of the molecule is NC(CNC(=O)c1cnn(-c2ccccc2)c1C(F)(F)F)C1CC1. The molecule has 0 saturated heterocycles. The van der Waals surface area contributed by atoms with Gasteiger partial charge >= 0.3 is 6.18 Å². The molecule has 8 heteroatoms. The number of rotatable bonds is 5. The number of nitrogens with zero attached hydrogens (tertiary/aromatic N) is 2. The molecule has 0 aliphatic heterocycles. The monoisotopic (exact) mass is 338 g/mol. The van der Waals surface area contributed by atoms with E-state index in [-0.39, 0.29) is 18.3 Å².